The van der Waals surface area contributed by atoms with E-state index in [2.05, 4.69) is 53.4 Å². The lowest BCUT2D eigenvalue weighted by molar-refractivity contribution is -0.117. The molecule has 2 aliphatic rings. The van der Waals surface area contributed by atoms with E-state index in [-0.39, 0.29) is 11.6 Å². The van der Waals surface area contributed by atoms with E-state index in [0.29, 0.717) is 5.57 Å². The van der Waals surface area contributed by atoms with Gasteiger partial charge in [-0.2, -0.15) is 0 Å². The molecule has 5 aromatic carbocycles. The second-order valence-corrected chi connectivity index (χ2v) is 10.1. The van der Waals surface area contributed by atoms with Crippen molar-refractivity contribution in [2.75, 3.05) is 4.90 Å². The monoisotopic (exact) mass is 503 g/mol. The van der Waals surface area contributed by atoms with Gasteiger partial charge in [-0.15, -0.1) is 0 Å². The Hall–Kier alpha value is -5.02. The largest absolute Gasteiger partial charge is 0.310 e. The van der Waals surface area contributed by atoms with Crippen molar-refractivity contribution in [3.05, 3.63) is 143 Å². The van der Waals surface area contributed by atoms with Gasteiger partial charge in [0.1, 0.15) is 0 Å². The topological polar surface area (TPSA) is 37.4 Å². The van der Waals surface area contributed by atoms with E-state index in [4.69, 9.17) is 0 Å². The van der Waals surface area contributed by atoms with Crippen molar-refractivity contribution in [1.82, 2.24) is 0 Å². The molecular weight excluding hydrogens is 478 g/mol. The van der Waals surface area contributed by atoms with Crippen LogP contribution in [0, 0.1) is 11.8 Å². The van der Waals surface area contributed by atoms with Crippen LogP contribution >= 0.6 is 0 Å². The number of para-hydroxylation sites is 2. The Bertz CT molecular complexity index is 1810. The van der Waals surface area contributed by atoms with Crippen molar-refractivity contribution in [2.24, 2.45) is 11.8 Å². The average Bonchev–Trinajstić information content (AvgIpc) is 3.21. The van der Waals surface area contributed by atoms with Crippen LogP contribution in [0.25, 0.3) is 29.0 Å². The maximum Gasteiger partial charge on any atom is 0.174 e. The van der Waals surface area contributed by atoms with Gasteiger partial charge in [0.25, 0.3) is 0 Å². The lowest BCUT2D eigenvalue weighted by Gasteiger charge is -2.25. The van der Waals surface area contributed by atoms with E-state index in [9.17, 15) is 9.59 Å². The molecule has 7 rings (SSSR count). The molecule has 3 heteroatoms. The summed E-state index contributed by atoms with van der Waals surface area (Å²) in [5.74, 6) is -1.01. The zero-order valence-corrected chi connectivity index (χ0v) is 21.2. The average molecular weight is 504 g/mol. The SMILES string of the molecule is O=C1C(=Cc2ccc3cc(N(c4ccccc4)c4ccccc4)ccc3c2)C(=O)[C@@H]2C=c3ccccc3=CC12. The van der Waals surface area contributed by atoms with Gasteiger partial charge < -0.3 is 4.90 Å². The standard InChI is InChI=1S/C36H25NO2/c38-35-32-22-25-9-7-8-10-26(25)23-33(32)36(39)34(35)20-24-15-16-28-21-31(18-17-27(28)19-24)37(29-11-3-1-4-12-29)30-13-5-2-6-14-30/h1-23,32-33H/t32-,33?/m1/s1. The minimum Gasteiger partial charge on any atom is -0.310 e. The zero-order chi connectivity index (χ0) is 26.3. The summed E-state index contributed by atoms with van der Waals surface area (Å²) in [7, 11) is 0. The Morgan fingerprint density at radius 3 is 1.62 bits per heavy atom. The third-order valence-corrected chi connectivity index (χ3v) is 7.68. The van der Waals surface area contributed by atoms with Gasteiger partial charge in [-0.1, -0.05) is 91.0 Å². The quantitative estimate of drug-likeness (QED) is 0.212. The van der Waals surface area contributed by atoms with Gasteiger partial charge in [0.15, 0.2) is 11.6 Å². The fourth-order valence-corrected chi connectivity index (χ4v) is 5.76. The third-order valence-electron chi connectivity index (χ3n) is 7.68. The second-order valence-electron chi connectivity index (χ2n) is 10.1. The molecular formula is C36H25NO2. The number of fused-ring (bicyclic) bond motifs is 3. The third kappa shape index (κ3) is 4.09. The fraction of sp³-hybridized carbons (Fsp3) is 0.0556. The van der Waals surface area contributed by atoms with Gasteiger partial charge in [-0.3, -0.25) is 9.59 Å². The summed E-state index contributed by atoms with van der Waals surface area (Å²) in [5.41, 5.74) is 4.37. The van der Waals surface area contributed by atoms with Crippen LogP contribution in [-0.4, -0.2) is 11.6 Å². The van der Waals surface area contributed by atoms with Crippen molar-refractivity contribution in [3.63, 3.8) is 0 Å². The van der Waals surface area contributed by atoms with Crippen LogP contribution in [0.3, 0.4) is 0 Å². The van der Waals surface area contributed by atoms with Gasteiger partial charge in [0, 0.05) is 17.1 Å². The van der Waals surface area contributed by atoms with Crippen molar-refractivity contribution >= 4 is 57.6 Å². The van der Waals surface area contributed by atoms with Crippen molar-refractivity contribution in [3.8, 4) is 0 Å². The van der Waals surface area contributed by atoms with Crippen LogP contribution in [0.1, 0.15) is 5.56 Å². The predicted octanol–water partition coefficient (Wildman–Crippen LogP) is 6.35. The Morgan fingerprint density at radius 1 is 0.513 bits per heavy atom. The number of hydrogen-bond acceptors (Lipinski definition) is 3. The number of nitrogens with zero attached hydrogens (tertiary/aromatic N) is 1. The normalized spacial score (nSPS) is 18.8. The molecule has 0 bridgehead atoms. The molecule has 0 saturated heterocycles. The highest BCUT2D eigenvalue weighted by Gasteiger charge is 2.43. The molecule has 1 unspecified atom stereocenters. The number of carbonyl (C=O) groups excluding carboxylic acids is 2. The van der Waals surface area contributed by atoms with Gasteiger partial charge >= 0.3 is 0 Å². The Labute approximate surface area is 226 Å². The van der Waals surface area contributed by atoms with Crippen LogP contribution in [-0.2, 0) is 9.59 Å². The molecule has 0 amide bonds. The smallest absolute Gasteiger partial charge is 0.174 e. The first-order valence-corrected chi connectivity index (χ1v) is 13.2. The van der Waals surface area contributed by atoms with Gasteiger partial charge in [-0.25, -0.2) is 0 Å². The summed E-state index contributed by atoms with van der Waals surface area (Å²) in [5, 5.41) is 4.17. The number of hydrogen-bond donors (Lipinski definition) is 0. The highest BCUT2D eigenvalue weighted by atomic mass is 16.2. The molecule has 5 aromatic rings. The predicted molar refractivity (Wildman–Crippen MR) is 158 cm³/mol. The van der Waals surface area contributed by atoms with E-state index in [1.807, 2.05) is 84.9 Å². The van der Waals surface area contributed by atoms with Crippen LogP contribution in [0.2, 0.25) is 0 Å². The van der Waals surface area contributed by atoms with E-state index in [1.165, 1.54) is 0 Å². The Morgan fingerprint density at radius 2 is 1.03 bits per heavy atom. The number of benzene rings is 5. The number of allylic oxidation sites excluding steroid dienone is 1. The fourth-order valence-electron chi connectivity index (χ4n) is 5.76. The maximum absolute atomic E-state index is 13.3. The molecule has 2 atom stereocenters. The molecule has 39 heavy (non-hydrogen) atoms. The van der Waals surface area contributed by atoms with E-state index in [1.54, 1.807) is 6.08 Å². The first-order valence-electron chi connectivity index (χ1n) is 13.2. The van der Waals surface area contributed by atoms with Gasteiger partial charge in [0.2, 0.25) is 0 Å². The van der Waals surface area contributed by atoms with Crippen LogP contribution in [0.15, 0.2) is 127 Å². The molecule has 1 saturated carbocycles. The summed E-state index contributed by atoms with van der Waals surface area (Å²) < 4.78 is 0. The minimum atomic E-state index is -0.413. The van der Waals surface area contributed by atoms with Gasteiger partial charge in [0.05, 0.1) is 17.4 Å². The number of anilines is 3. The highest BCUT2D eigenvalue weighted by molar-refractivity contribution is 6.33. The Balaban J connectivity index is 1.24. The molecule has 0 N–H and O–H groups in total. The first kappa shape index (κ1) is 23.1. The van der Waals surface area contributed by atoms with Crippen LogP contribution in [0.5, 0.6) is 0 Å². The number of carbonyl (C=O) groups is 2. The zero-order valence-electron chi connectivity index (χ0n) is 21.2. The summed E-state index contributed by atoms with van der Waals surface area (Å²) in [6.07, 6.45) is 5.67. The maximum atomic E-state index is 13.3. The van der Waals surface area contributed by atoms with E-state index >= 15 is 0 Å². The molecule has 0 aliphatic heterocycles. The minimum absolute atomic E-state index is 0.0902. The molecule has 1 fully saturated rings. The molecule has 3 nitrogen and oxygen atoms in total. The second kappa shape index (κ2) is 9.38. The van der Waals surface area contributed by atoms with Crippen LogP contribution in [0.4, 0.5) is 17.1 Å². The summed E-state index contributed by atoms with van der Waals surface area (Å²) in [4.78, 5) is 28.8. The molecule has 2 aliphatic carbocycles. The highest BCUT2D eigenvalue weighted by Crippen LogP contribution is 2.37. The number of rotatable bonds is 4. The van der Waals surface area contributed by atoms with Crippen molar-refractivity contribution in [1.29, 1.82) is 0 Å². The van der Waals surface area contributed by atoms with E-state index < -0.39 is 11.8 Å². The first-order chi connectivity index (χ1) is 19.2. The lowest BCUT2D eigenvalue weighted by atomic mass is 9.89. The Kier molecular flexibility index (Phi) is 5.56. The van der Waals surface area contributed by atoms with Crippen molar-refractivity contribution < 1.29 is 9.59 Å². The summed E-state index contributed by atoms with van der Waals surface area (Å²) in [6, 6.07) is 41.0. The summed E-state index contributed by atoms with van der Waals surface area (Å²) in [6.45, 7) is 0. The molecule has 0 radical (unpaired) electrons. The number of Topliss-reactive ketones (excluding diaryl/α,β-unsaturated/α-hetero) is 2. The van der Waals surface area contributed by atoms with Crippen LogP contribution < -0.4 is 15.3 Å². The number of ketones is 2. The van der Waals surface area contributed by atoms with Crippen molar-refractivity contribution in [2.45, 2.75) is 0 Å². The molecule has 0 spiro atoms. The van der Waals surface area contributed by atoms with E-state index in [0.717, 1.165) is 43.8 Å². The summed E-state index contributed by atoms with van der Waals surface area (Å²) >= 11 is 0. The van der Waals surface area contributed by atoms with Gasteiger partial charge in [-0.05, 0) is 75.3 Å². The molecule has 0 aromatic heterocycles. The lowest BCUT2D eigenvalue weighted by Crippen LogP contribution is -2.33. The molecule has 186 valence electrons. The molecule has 0 heterocycles.